The van der Waals surface area contributed by atoms with E-state index in [4.69, 9.17) is 4.74 Å². The monoisotopic (exact) mass is 360 g/mol. The fourth-order valence-electron chi connectivity index (χ4n) is 3.77. The molecular formula is C23H36O3. The molecule has 1 aromatic carbocycles. The Morgan fingerprint density at radius 2 is 1.58 bits per heavy atom. The highest BCUT2D eigenvalue weighted by atomic mass is 16.6. The molecule has 1 N–H and O–H groups in total. The van der Waals surface area contributed by atoms with Gasteiger partial charge < -0.3 is 9.84 Å². The highest BCUT2D eigenvalue weighted by molar-refractivity contribution is 5.78. The molecule has 1 fully saturated rings. The van der Waals surface area contributed by atoms with Gasteiger partial charge >= 0.3 is 5.97 Å². The van der Waals surface area contributed by atoms with Crippen LogP contribution < -0.4 is 0 Å². The van der Waals surface area contributed by atoms with Crippen molar-refractivity contribution >= 4 is 5.97 Å². The van der Waals surface area contributed by atoms with Crippen molar-refractivity contribution in [1.29, 1.82) is 0 Å². The first-order valence-corrected chi connectivity index (χ1v) is 10.6. The summed E-state index contributed by atoms with van der Waals surface area (Å²) in [4.78, 5) is 11.7. The Balaban J connectivity index is 1.53. The average molecular weight is 361 g/mol. The molecule has 0 aliphatic carbocycles. The molecule has 3 nitrogen and oxygen atoms in total. The molecule has 1 aliphatic rings. The predicted molar refractivity (Wildman–Crippen MR) is 106 cm³/mol. The Morgan fingerprint density at radius 3 is 2.19 bits per heavy atom. The maximum Gasteiger partial charge on any atom is 0.313 e. The van der Waals surface area contributed by atoms with E-state index in [1.807, 2.05) is 30.3 Å². The van der Waals surface area contributed by atoms with Crippen molar-refractivity contribution in [3.05, 3.63) is 35.9 Å². The molecule has 0 spiro atoms. The summed E-state index contributed by atoms with van der Waals surface area (Å²) < 4.78 is 5.29. The number of carbonyl (C=O) groups is 1. The van der Waals surface area contributed by atoms with Crippen molar-refractivity contribution in [3.8, 4) is 0 Å². The van der Waals surface area contributed by atoms with Gasteiger partial charge in [-0.05, 0) is 18.4 Å². The number of benzene rings is 1. The predicted octanol–water partition coefficient (Wildman–Crippen LogP) is 5.44. The lowest BCUT2D eigenvalue weighted by molar-refractivity contribution is -0.187. The van der Waals surface area contributed by atoms with Gasteiger partial charge in [-0.15, -0.1) is 0 Å². The Bertz CT molecular complexity index is 499. The topological polar surface area (TPSA) is 46.5 Å². The standard InChI is InChI=1S/C23H36O3/c1-2-3-4-5-6-7-8-9-13-16-20(24)18-22-21(23(25)26-22)17-19-14-11-10-12-15-19/h10-12,14-15,20-22,24H,2-9,13,16-18H2,1H3/t20?,21-,22-/m1/s1. The van der Waals surface area contributed by atoms with Crippen LogP contribution in [0.25, 0.3) is 0 Å². The van der Waals surface area contributed by atoms with Gasteiger partial charge in [0.25, 0.3) is 0 Å². The Labute approximate surface area is 159 Å². The summed E-state index contributed by atoms with van der Waals surface area (Å²) in [6.45, 7) is 2.25. The SMILES string of the molecule is CCCCCCCCCCCC(O)C[C@H]1OC(=O)[C@@H]1Cc1ccccc1. The van der Waals surface area contributed by atoms with Crippen molar-refractivity contribution in [3.63, 3.8) is 0 Å². The molecule has 2 rings (SSSR count). The molecule has 0 radical (unpaired) electrons. The van der Waals surface area contributed by atoms with Gasteiger partial charge in [-0.25, -0.2) is 0 Å². The van der Waals surface area contributed by atoms with Crippen LogP contribution in [0.3, 0.4) is 0 Å². The number of cyclic esters (lactones) is 1. The molecule has 1 heterocycles. The van der Waals surface area contributed by atoms with E-state index in [2.05, 4.69) is 6.92 Å². The second kappa shape index (κ2) is 12.1. The van der Waals surface area contributed by atoms with Crippen LogP contribution >= 0.6 is 0 Å². The fraction of sp³-hybridized carbons (Fsp3) is 0.696. The number of esters is 1. The lowest BCUT2D eigenvalue weighted by Gasteiger charge is -2.36. The molecule has 0 aromatic heterocycles. The zero-order valence-electron chi connectivity index (χ0n) is 16.4. The molecule has 3 heteroatoms. The van der Waals surface area contributed by atoms with Crippen molar-refractivity contribution in [2.45, 2.75) is 96.2 Å². The normalized spacial score (nSPS) is 20.5. The number of carbonyl (C=O) groups excluding carboxylic acids is 1. The quantitative estimate of drug-likeness (QED) is 0.355. The van der Waals surface area contributed by atoms with Crippen LogP contribution in [0.2, 0.25) is 0 Å². The van der Waals surface area contributed by atoms with Crippen molar-refractivity contribution in [2.75, 3.05) is 0 Å². The first kappa shape index (κ1) is 21.0. The van der Waals surface area contributed by atoms with E-state index in [9.17, 15) is 9.90 Å². The number of rotatable bonds is 14. The summed E-state index contributed by atoms with van der Waals surface area (Å²) in [5.41, 5.74) is 1.16. The fourth-order valence-corrected chi connectivity index (χ4v) is 3.77. The smallest absolute Gasteiger partial charge is 0.313 e. The van der Waals surface area contributed by atoms with Gasteiger partial charge in [0.2, 0.25) is 0 Å². The minimum atomic E-state index is -0.351. The van der Waals surface area contributed by atoms with Crippen LogP contribution in [0.1, 0.15) is 83.1 Å². The summed E-state index contributed by atoms with van der Waals surface area (Å²) in [6, 6.07) is 10.1. The number of aliphatic hydroxyl groups is 1. The lowest BCUT2D eigenvalue weighted by atomic mass is 9.86. The van der Waals surface area contributed by atoms with E-state index in [0.717, 1.165) is 24.8 Å². The number of hydrogen-bond acceptors (Lipinski definition) is 3. The number of unbranched alkanes of at least 4 members (excludes halogenated alkanes) is 8. The highest BCUT2D eigenvalue weighted by Gasteiger charge is 2.42. The maximum atomic E-state index is 11.7. The molecule has 1 aliphatic heterocycles. The highest BCUT2D eigenvalue weighted by Crippen LogP contribution is 2.30. The minimum Gasteiger partial charge on any atom is -0.461 e. The van der Waals surface area contributed by atoms with Crippen LogP contribution in [0.5, 0.6) is 0 Å². The van der Waals surface area contributed by atoms with Gasteiger partial charge in [-0.1, -0.05) is 95.0 Å². The molecule has 1 unspecified atom stereocenters. The number of aliphatic hydroxyl groups excluding tert-OH is 1. The molecule has 1 aromatic rings. The van der Waals surface area contributed by atoms with Gasteiger partial charge in [-0.3, -0.25) is 4.79 Å². The molecular weight excluding hydrogens is 324 g/mol. The molecule has 146 valence electrons. The summed E-state index contributed by atoms with van der Waals surface area (Å²) in [7, 11) is 0. The lowest BCUT2D eigenvalue weighted by Crippen LogP contribution is -2.47. The third-order valence-electron chi connectivity index (χ3n) is 5.46. The van der Waals surface area contributed by atoms with Crippen LogP contribution in [-0.2, 0) is 16.0 Å². The first-order chi connectivity index (χ1) is 12.7. The van der Waals surface area contributed by atoms with E-state index in [0.29, 0.717) is 6.42 Å². The third-order valence-corrected chi connectivity index (χ3v) is 5.46. The molecule has 3 atom stereocenters. The largest absolute Gasteiger partial charge is 0.461 e. The van der Waals surface area contributed by atoms with Gasteiger partial charge in [0.15, 0.2) is 0 Å². The van der Waals surface area contributed by atoms with E-state index in [1.165, 1.54) is 51.4 Å². The second-order valence-corrected chi connectivity index (χ2v) is 7.78. The molecule has 0 bridgehead atoms. The van der Waals surface area contributed by atoms with E-state index in [1.54, 1.807) is 0 Å². The number of hydrogen-bond donors (Lipinski definition) is 1. The molecule has 26 heavy (non-hydrogen) atoms. The van der Waals surface area contributed by atoms with Crippen LogP contribution in [-0.4, -0.2) is 23.3 Å². The van der Waals surface area contributed by atoms with Crippen molar-refractivity contribution in [1.82, 2.24) is 0 Å². The summed E-state index contributed by atoms with van der Waals surface area (Å²) in [5, 5.41) is 10.3. The van der Waals surface area contributed by atoms with Crippen molar-refractivity contribution in [2.24, 2.45) is 5.92 Å². The summed E-state index contributed by atoms with van der Waals surface area (Å²) in [5.74, 6) is -0.204. The van der Waals surface area contributed by atoms with Gasteiger partial charge in [0.05, 0.1) is 12.0 Å². The van der Waals surface area contributed by atoms with Gasteiger partial charge in [0, 0.05) is 6.42 Å². The molecule has 1 saturated heterocycles. The minimum absolute atomic E-state index is 0.0878. The van der Waals surface area contributed by atoms with E-state index < -0.39 is 0 Å². The molecule has 0 saturated carbocycles. The molecule has 0 amide bonds. The Kier molecular flexibility index (Phi) is 9.76. The van der Waals surface area contributed by atoms with Crippen LogP contribution in [0.4, 0.5) is 0 Å². The maximum absolute atomic E-state index is 11.7. The average Bonchev–Trinajstić information content (AvgIpc) is 2.65. The first-order valence-electron chi connectivity index (χ1n) is 10.6. The zero-order valence-corrected chi connectivity index (χ0v) is 16.4. The Morgan fingerprint density at radius 1 is 0.962 bits per heavy atom. The zero-order chi connectivity index (χ0) is 18.6. The van der Waals surface area contributed by atoms with E-state index in [-0.39, 0.29) is 24.1 Å². The van der Waals surface area contributed by atoms with Crippen LogP contribution in [0.15, 0.2) is 30.3 Å². The van der Waals surface area contributed by atoms with Crippen LogP contribution in [0, 0.1) is 5.92 Å². The van der Waals surface area contributed by atoms with Gasteiger partial charge in [-0.2, -0.15) is 0 Å². The Hall–Kier alpha value is -1.35. The second-order valence-electron chi connectivity index (χ2n) is 7.78. The van der Waals surface area contributed by atoms with Crippen molar-refractivity contribution < 1.29 is 14.6 Å². The van der Waals surface area contributed by atoms with Gasteiger partial charge in [0.1, 0.15) is 6.10 Å². The summed E-state index contributed by atoms with van der Waals surface area (Å²) in [6.07, 6.45) is 13.3. The summed E-state index contributed by atoms with van der Waals surface area (Å²) >= 11 is 0. The third kappa shape index (κ3) is 7.49. The number of ether oxygens (including phenoxy) is 1. The van der Waals surface area contributed by atoms with E-state index >= 15 is 0 Å².